The van der Waals surface area contributed by atoms with Crippen molar-refractivity contribution in [1.29, 1.82) is 5.26 Å². The number of likely N-dealkylation sites (tertiary alicyclic amines) is 3. The Hall–Kier alpha value is -2.94. The molecule has 3 fully saturated rings. The number of hydrogen-bond acceptors (Lipinski definition) is 5. The van der Waals surface area contributed by atoms with Crippen LogP contribution in [0.25, 0.3) is 4.85 Å². The van der Waals surface area contributed by atoms with E-state index in [0.29, 0.717) is 25.2 Å². The summed E-state index contributed by atoms with van der Waals surface area (Å²) in [5, 5.41) is 9.24. The normalized spacial score (nSPS) is 30.4. The summed E-state index contributed by atoms with van der Waals surface area (Å²) in [4.78, 5) is 35.2. The highest BCUT2D eigenvalue weighted by Gasteiger charge is 2.53. The van der Waals surface area contributed by atoms with Crippen molar-refractivity contribution in [2.24, 2.45) is 5.73 Å². The monoisotopic (exact) mass is 418 g/mol. The van der Waals surface area contributed by atoms with E-state index < -0.39 is 6.04 Å². The molecule has 2 N–H and O–H groups in total. The topological polar surface area (TPSA) is 98.0 Å². The first-order valence-electron chi connectivity index (χ1n) is 11.0. The number of piperazine rings is 1. The highest BCUT2D eigenvalue weighted by molar-refractivity contribution is 5.87. The molecule has 8 heteroatoms. The second kappa shape index (κ2) is 7.64. The van der Waals surface area contributed by atoms with E-state index in [2.05, 4.69) is 15.8 Å². The zero-order valence-corrected chi connectivity index (χ0v) is 17.4. The summed E-state index contributed by atoms with van der Waals surface area (Å²) in [6.07, 6.45) is 4.10. The molecule has 2 bridgehead atoms. The Morgan fingerprint density at radius 1 is 1.35 bits per heavy atom. The van der Waals surface area contributed by atoms with E-state index in [4.69, 9.17) is 12.3 Å². The van der Waals surface area contributed by atoms with Gasteiger partial charge in [-0.3, -0.25) is 14.5 Å². The molecule has 160 valence electrons. The molecule has 2 amide bonds. The van der Waals surface area contributed by atoms with Crippen molar-refractivity contribution in [2.75, 3.05) is 19.6 Å². The number of carbonyl (C=O) groups excluding carboxylic acids is 2. The number of rotatable bonds is 4. The van der Waals surface area contributed by atoms with E-state index in [1.54, 1.807) is 4.90 Å². The van der Waals surface area contributed by atoms with E-state index in [9.17, 15) is 14.9 Å². The molecule has 0 unspecified atom stereocenters. The summed E-state index contributed by atoms with van der Waals surface area (Å²) in [5.74, 6) is -0.0597. The Morgan fingerprint density at radius 2 is 2.19 bits per heavy atom. The molecular formula is C23H26N6O2. The molecule has 3 saturated heterocycles. The van der Waals surface area contributed by atoms with Gasteiger partial charge in [0.05, 0.1) is 30.8 Å². The van der Waals surface area contributed by atoms with Crippen molar-refractivity contribution in [3.8, 4) is 6.07 Å². The Balaban J connectivity index is 1.25. The molecule has 0 saturated carbocycles. The molecule has 8 nitrogen and oxygen atoms in total. The second-order valence-corrected chi connectivity index (χ2v) is 9.08. The molecule has 4 aliphatic rings. The standard InChI is InChI=1S/C23H26N6O2/c1-26-15-5-6-18-14(9-15)4-7-20(18)29-17-10-21(23(29)31)27(12-17)13-19(25)22(30)28-8-2-3-16(28)11-24/h5-6,9,16-17,19-21H,2-4,7-8,10,12-13,25H2/t16-,17+,19-,20+,21+/m0/s1. The lowest BCUT2D eigenvalue weighted by Gasteiger charge is -2.38. The number of aryl methyl sites for hydroxylation is 1. The Kier molecular flexibility index (Phi) is 4.92. The maximum Gasteiger partial charge on any atom is 0.241 e. The third kappa shape index (κ3) is 3.18. The van der Waals surface area contributed by atoms with Gasteiger partial charge in [0.15, 0.2) is 5.69 Å². The zero-order chi connectivity index (χ0) is 21.7. The Labute approximate surface area is 182 Å². The smallest absolute Gasteiger partial charge is 0.241 e. The minimum absolute atomic E-state index is 0.0794. The first kappa shape index (κ1) is 20.0. The molecule has 1 aromatic carbocycles. The SMILES string of the molecule is [C-]#[N+]c1ccc2c(c1)CC[C@H]2N1C(=O)[C@H]2C[C@@H]1CN2C[C@H](N)C(=O)N1CCC[C@H]1C#N. The maximum absolute atomic E-state index is 13.3. The van der Waals surface area contributed by atoms with Crippen molar-refractivity contribution in [2.45, 2.75) is 62.3 Å². The van der Waals surface area contributed by atoms with E-state index in [1.165, 1.54) is 11.1 Å². The third-order valence-corrected chi connectivity index (χ3v) is 7.39. The lowest BCUT2D eigenvalue weighted by Crippen LogP contribution is -2.56. The molecule has 0 radical (unpaired) electrons. The van der Waals surface area contributed by atoms with Gasteiger partial charge in [0.1, 0.15) is 6.04 Å². The number of hydrogen-bond donors (Lipinski definition) is 1. The van der Waals surface area contributed by atoms with Crippen LogP contribution in [0, 0.1) is 17.9 Å². The molecule has 5 rings (SSSR count). The van der Waals surface area contributed by atoms with Gasteiger partial charge in [-0.15, -0.1) is 0 Å². The minimum atomic E-state index is -0.714. The van der Waals surface area contributed by atoms with Crippen molar-refractivity contribution < 1.29 is 9.59 Å². The summed E-state index contributed by atoms with van der Waals surface area (Å²) in [5.41, 5.74) is 9.22. The number of nitriles is 1. The van der Waals surface area contributed by atoms with E-state index in [-0.39, 0.29) is 36.0 Å². The van der Waals surface area contributed by atoms with Crippen LogP contribution in [0.3, 0.4) is 0 Å². The molecule has 3 heterocycles. The van der Waals surface area contributed by atoms with Crippen LogP contribution in [0.1, 0.15) is 42.9 Å². The Morgan fingerprint density at radius 3 is 2.94 bits per heavy atom. The molecule has 3 aliphatic heterocycles. The van der Waals surface area contributed by atoms with Gasteiger partial charge >= 0.3 is 0 Å². The molecule has 5 atom stereocenters. The van der Waals surface area contributed by atoms with Crippen molar-refractivity contribution >= 4 is 17.5 Å². The first-order chi connectivity index (χ1) is 15.0. The molecule has 1 aliphatic carbocycles. The van der Waals surface area contributed by atoms with Crippen LogP contribution < -0.4 is 5.73 Å². The summed E-state index contributed by atoms with van der Waals surface area (Å²) in [7, 11) is 0. The second-order valence-electron chi connectivity index (χ2n) is 9.08. The van der Waals surface area contributed by atoms with Gasteiger partial charge in [0, 0.05) is 25.7 Å². The predicted molar refractivity (Wildman–Crippen MR) is 113 cm³/mol. The number of nitrogens with zero attached hydrogens (tertiary/aromatic N) is 5. The quantitative estimate of drug-likeness (QED) is 0.745. The van der Waals surface area contributed by atoms with Gasteiger partial charge in [0.25, 0.3) is 0 Å². The van der Waals surface area contributed by atoms with Crippen molar-refractivity contribution in [1.82, 2.24) is 14.7 Å². The lowest BCUT2D eigenvalue weighted by atomic mass is 10.0. The fourth-order valence-corrected chi connectivity index (χ4v) is 5.95. The molecule has 0 spiro atoms. The number of fused-ring (bicyclic) bond motifs is 3. The summed E-state index contributed by atoms with van der Waals surface area (Å²) >= 11 is 0. The summed E-state index contributed by atoms with van der Waals surface area (Å²) in [6.45, 7) is 8.87. The summed E-state index contributed by atoms with van der Waals surface area (Å²) in [6, 6.07) is 6.89. The van der Waals surface area contributed by atoms with E-state index in [1.807, 2.05) is 23.1 Å². The van der Waals surface area contributed by atoms with Gasteiger partial charge in [-0.2, -0.15) is 5.26 Å². The number of nitrogens with two attached hydrogens (primary N) is 1. The number of amides is 2. The molecule has 31 heavy (non-hydrogen) atoms. The van der Waals surface area contributed by atoms with Crippen LogP contribution in [0.5, 0.6) is 0 Å². The van der Waals surface area contributed by atoms with Crippen LogP contribution in [-0.2, 0) is 16.0 Å². The number of benzene rings is 1. The third-order valence-electron chi connectivity index (χ3n) is 7.39. The van der Waals surface area contributed by atoms with E-state index in [0.717, 1.165) is 32.2 Å². The summed E-state index contributed by atoms with van der Waals surface area (Å²) < 4.78 is 0. The van der Waals surface area contributed by atoms with Crippen LogP contribution in [0.15, 0.2) is 18.2 Å². The van der Waals surface area contributed by atoms with E-state index >= 15 is 0 Å². The predicted octanol–water partition coefficient (Wildman–Crippen LogP) is 1.35. The fraction of sp³-hybridized carbons (Fsp3) is 0.565. The lowest BCUT2D eigenvalue weighted by molar-refractivity contribution is -0.141. The number of carbonyl (C=O) groups is 2. The van der Waals surface area contributed by atoms with Gasteiger partial charge in [0.2, 0.25) is 11.8 Å². The van der Waals surface area contributed by atoms with Crippen molar-refractivity contribution in [3.05, 3.63) is 40.7 Å². The van der Waals surface area contributed by atoms with Crippen LogP contribution in [0.2, 0.25) is 0 Å². The fourth-order valence-electron chi connectivity index (χ4n) is 5.95. The van der Waals surface area contributed by atoms with Crippen molar-refractivity contribution in [3.63, 3.8) is 0 Å². The van der Waals surface area contributed by atoms with Gasteiger partial charge < -0.3 is 15.5 Å². The molecule has 1 aromatic rings. The largest absolute Gasteiger partial charge is 0.330 e. The highest BCUT2D eigenvalue weighted by Crippen LogP contribution is 2.44. The van der Waals surface area contributed by atoms with Gasteiger partial charge in [-0.25, -0.2) is 4.85 Å². The average molecular weight is 419 g/mol. The maximum atomic E-state index is 13.3. The van der Waals surface area contributed by atoms with Crippen LogP contribution >= 0.6 is 0 Å². The Bertz CT molecular complexity index is 1010. The first-order valence-corrected chi connectivity index (χ1v) is 11.0. The zero-order valence-electron chi connectivity index (χ0n) is 17.4. The average Bonchev–Trinajstić information content (AvgIpc) is 3.55. The van der Waals surface area contributed by atoms with Crippen LogP contribution in [-0.4, -0.2) is 70.3 Å². The molecular weight excluding hydrogens is 392 g/mol. The molecule has 0 aromatic heterocycles. The van der Waals surface area contributed by atoms with Gasteiger partial charge in [-0.1, -0.05) is 23.8 Å². The van der Waals surface area contributed by atoms with Crippen LogP contribution in [0.4, 0.5) is 5.69 Å². The minimum Gasteiger partial charge on any atom is -0.330 e. The van der Waals surface area contributed by atoms with Gasteiger partial charge in [-0.05, 0) is 37.7 Å². The highest BCUT2D eigenvalue weighted by atomic mass is 16.2.